The van der Waals surface area contributed by atoms with Gasteiger partial charge in [-0.25, -0.2) is 22.5 Å². The standard InChI is InChI=1S/C26H16Cl3F4N5O3S/c1-42(40,41)23-8-14(6-19(30)17(23)12-39)13-2-5-20(37-11-24(26(31,32)33)35-25(37)29)21(7-13)38-22(10-34-36-38)16-4-3-15(27)9-18(16)28/h2-11,39H,12H2,1H3. The smallest absolute Gasteiger partial charge is 0.392 e. The van der Waals surface area contributed by atoms with E-state index in [2.05, 4.69) is 15.3 Å². The number of aromatic nitrogens is 5. The van der Waals surface area contributed by atoms with E-state index in [9.17, 15) is 31.1 Å². The van der Waals surface area contributed by atoms with Crippen LogP contribution >= 0.6 is 34.8 Å². The second-order valence-corrected chi connectivity index (χ2v) is 12.2. The van der Waals surface area contributed by atoms with Gasteiger partial charge in [-0.1, -0.05) is 34.5 Å². The van der Waals surface area contributed by atoms with E-state index in [0.29, 0.717) is 22.5 Å². The highest BCUT2D eigenvalue weighted by Crippen LogP contribution is 2.37. The Balaban J connectivity index is 1.79. The zero-order valence-electron chi connectivity index (χ0n) is 21.0. The van der Waals surface area contributed by atoms with E-state index in [0.717, 1.165) is 16.9 Å². The molecule has 0 radical (unpaired) electrons. The van der Waals surface area contributed by atoms with Crippen LogP contribution in [0.2, 0.25) is 15.3 Å². The molecular weight excluding hydrogens is 645 g/mol. The van der Waals surface area contributed by atoms with Crippen molar-refractivity contribution in [2.24, 2.45) is 0 Å². The molecule has 42 heavy (non-hydrogen) atoms. The van der Waals surface area contributed by atoms with Crippen LogP contribution in [0.25, 0.3) is 33.8 Å². The number of hydrogen-bond acceptors (Lipinski definition) is 6. The fourth-order valence-electron chi connectivity index (χ4n) is 4.30. The minimum atomic E-state index is -4.79. The van der Waals surface area contributed by atoms with Crippen molar-refractivity contribution in [2.75, 3.05) is 6.26 Å². The SMILES string of the molecule is CS(=O)(=O)c1cc(-c2ccc(-n3cc(C(F)(F)F)nc3Cl)c(-n3nncc3-c3ccc(Cl)cc3Cl)c2)cc(F)c1CO. The fourth-order valence-corrected chi connectivity index (χ4v) is 5.98. The summed E-state index contributed by atoms with van der Waals surface area (Å²) in [6.07, 6.45) is -1.86. The van der Waals surface area contributed by atoms with Gasteiger partial charge < -0.3 is 5.11 Å². The van der Waals surface area contributed by atoms with E-state index >= 15 is 0 Å². The maximum atomic E-state index is 15.0. The van der Waals surface area contributed by atoms with E-state index in [1.54, 1.807) is 12.1 Å². The Morgan fingerprint density at radius 3 is 2.33 bits per heavy atom. The van der Waals surface area contributed by atoms with Crippen LogP contribution in [0.4, 0.5) is 17.6 Å². The van der Waals surface area contributed by atoms with E-state index in [4.69, 9.17) is 34.8 Å². The van der Waals surface area contributed by atoms with Crippen molar-refractivity contribution in [3.8, 4) is 33.8 Å². The quantitative estimate of drug-likeness (QED) is 0.201. The molecule has 3 aromatic carbocycles. The molecule has 2 aromatic heterocycles. The third-order valence-electron chi connectivity index (χ3n) is 6.22. The molecule has 0 unspecified atom stereocenters. The van der Waals surface area contributed by atoms with Gasteiger partial charge in [-0.2, -0.15) is 13.2 Å². The number of halogens is 7. The van der Waals surface area contributed by atoms with E-state index in [1.165, 1.54) is 41.2 Å². The van der Waals surface area contributed by atoms with E-state index in [1.807, 2.05) is 0 Å². The van der Waals surface area contributed by atoms with Crippen LogP contribution in [0.3, 0.4) is 0 Å². The minimum absolute atomic E-state index is 0.0689. The molecule has 16 heteroatoms. The number of aliphatic hydroxyl groups is 1. The number of alkyl halides is 3. The summed E-state index contributed by atoms with van der Waals surface area (Å²) in [4.78, 5) is 2.99. The Bertz CT molecular complexity index is 1960. The second-order valence-electron chi connectivity index (χ2n) is 8.99. The molecule has 0 fully saturated rings. The van der Waals surface area contributed by atoms with Crippen LogP contribution in [0.15, 0.2) is 65.8 Å². The third kappa shape index (κ3) is 5.62. The van der Waals surface area contributed by atoms with Gasteiger partial charge in [0.2, 0.25) is 5.28 Å². The van der Waals surface area contributed by atoms with Crippen LogP contribution in [-0.2, 0) is 22.6 Å². The fraction of sp³-hybridized carbons (Fsp3) is 0.115. The Morgan fingerprint density at radius 1 is 0.976 bits per heavy atom. The number of sulfone groups is 1. The highest BCUT2D eigenvalue weighted by atomic mass is 35.5. The maximum absolute atomic E-state index is 15.0. The maximum Gasteiger partial charge on any atom is 0.434 e. The largest absolute Gasteiger partial charge is 0.434 e. The van der Waals surface area contributed by atoms with Gasteiger partial charge in [0.1, 0.15) is 5.82 Å². The molecule has 0 saturated heterocycles. The monoisotopic (exact) mass is 659 g/mol. The van der Waals surface area contributed by atoms with Crippen molar-refractivity contribution in [1.82, 2.24) is 24.5 Å². The van der Waals surface area contributed by atoms with Gasteiger partial charge in [0.25, 0.3) is 0 Å². The molecule has 0 spiro atoms. The molecule has 1 N–H and O–H groups in total. The van der Waals surface area contributed by atoms with Crippen molar-refractivity contribution in [2.45, 2.75) is 17.7 Å². The lowest BCUT2D eigenvalue weighted by atomic mass is 10.0. The molecule has 0 aliphatic carbocycles. The van der Waals surface area contributed by atoms with E-state index < -0.39 is 49.9 Å². The average molecular weight is 661 g/mol. The summed E-state index contributed by atoms with van der Waals surface area (Å²) in [5, 5.41) is 17.7. The van der Waals surface area contributed by atoms with Crippen molar-refractivity contribution in [1.29, 1.82) is 0 Å². The summed E-state index contributed by atoms with van der Waals surface area (Å²) in [6.45, 7) is -0.858. The number of imidazole rings is 1. The van der Waals surface area contributed by atoms with Crippen LogP contribution in [0.5, 0.6) is 0 Å². The van der Waals surface area contributed by atoms with Crippen LogP contribution in [0.1, 0.15) is 11.3 Å². The van der Waals surface area contributed by atoms with Gasteiger partial charge in [0.15, 0.2) is 15.5 Å². The molecule has 0 aliphatic heterocycles. The number of benzene rings is 3. The first kappa shape index (κ1) is 30.0. The molecule has 5 aromatic rings. The van der Waals surface area contributed by atoms with Crippen molar-refractivity contribution < 1.29 is 31.1 Å². The number of rotatable bonds is 6. The van der Waals surface area contributed by atoms with Gasteiger partial charge in [-0.05, 0) is 65.2 Å². The Labute approximate surface area is 250 Å². The molecule has 0 bridgehead atoms. The Morgan fingerprint density at radius 2 is 1.71 bits per heavy atom. The van der Waals surface area contributed by atoms with Gasteiger partial charge in [0.05, 0.1) is 39.8 Å². The molecule has 2 heterocycles. The highest BCUT2D eigenvalue weighted by Gasteiger charge is 2.35. The first-order valence-electron chi connectivity index (χ1n) is 11.7. The summed E-state index contributed by atoms with van der Waals surface area (Å²) < 4.78 is 82.4. The van der Waals surface area contributed by atoms with Crippen LogP contribution in [-0.4, -0.2) is 44.3 Å². The first-order valence-corrected chi connectivity index (χ1v) is 14.7. The molecule has 5 rings (SSSR count). The van der Waals surface area contributed by atoms with Gasteiger partial charge in [-0.15, -0.1) is 5.10 Å². The zero-order chi connectivity index (χ0) is 30.6. The van der Waals surface area contributed by atoms with Crippen LogP contribution in [0, 0.1) is 5.82 Å². The molecule has 0 saturated carbocycles. The summed E-state index contributed by atoms with van der Waals surface area (Å²) >= 11 is 18.6. The molecular formula is C26H16Cl3F4N5O3S. The molecule has 0 aliphatic rings. The second kappa shape index (κ2) is 11.0. The van der Waals surface area contributed by atoms with Gasteiger partial charge in [0, 0.05) is 28.6 Å². The summed E-state index contributed by atoms with van der Waals surface area (Å²) in [5.74, 6) is -0.970. The predicted molar refractivity (Wildman–Crippen MR) is 148 cm³/mol. The van der Waals surface area contributed by atoms with E-state index in [-0.39, 0.29) is 27.5 Å². The normalized spacial score (nSPS) is 12.2. The minimum Gasteiger partial charge on any atom is -0.392 e. The predicted octanol–water partition coefficient (Wildman–Crippen LogP) is 6.80. The number of hydrogen-bond donors (Lipinski definition) is 1. The number of aliphatic hydroxyl groups excluding tert-OH is 1. The molecule has 0 atom stereocenters. The molecule has 0 amide bonds. The average Bonchev–Trinajstić information content (AvgIpc) is 3.54. The molecule has 218 valence electrons. The summed E-state index contributed by atoms with van der Waals surface area (Å²) in [7, 11) is -3.96. The lowest BCUT2D eigenvalue weighted by Gasteiger charge is -2.16. The van der Waals surface area contributed by atoms with Crippen molar-refractivity contribution >= 4 is 44.6 Å². The van der Waals surface area contributed by atoms with Crippen LogP contribution < -0.4 is 0 Å². The van der Waals surface area contributed by atoms with Gasteiger partial charge >= 0.3 is 6.18 Å². The van der Waals surface area contributed by atoms with Gasteiger partial charge in [-0.3, -0.25) is 4.57 Å². The number of nitrogens with zero attached hydrogens (tertiary/aromatic N) is 5. The topological polar surface area (TPSA) is 103 Å². The highest BCUT2D eigenvalue weighted by molar-refractivity contribution is 7.90. The Hall–Kier alpha value is -3.49. The summed E-state index contributed by atoms with van der Waals surface area (Å²) in [6, 6.07) is 11.1. The lowest BCUT2D eigenvalue weighted by Crippen LogP contribution is -2.08. The van der Waals surface area contributed by atoms with Crippen molar-refractivity contribution in [3.63, 3.8) is 0 Å². The zero-order valence-corrected chi connectivity index (χ0v) is 24.1. The summed E-state index contributed by atoms with van der Waals surface area (Å²) in [5.41, 5.74) is -0.407. The molecule has 8 nitrogen and oxygen atoms in total. The Kier molecular flexibility index (Phi) is 7.83. The lowest BCUT2D eigenvalue weighted by molar-refractivity contribution is -0.140. The first-order chi connectivity index (χ1) is 19.7. The third-order valence-corrected chi connectivity index (χ3v) is 8.20. The van der Waals surface area contributed by atoms with Crippen molar-refractivity contribution in [3.05, 3.63) is 93.3 Å².